The van der Waals surface area contributed by atoms with Gasteiger partial charge in [0.05, 0.1) is 0 Å². The summed E-state index contributed by atoms with van der Waals surface area (Å²) in [5.41, 5.74) is 0.0295. The molecule has 1 heterocycles. The van der Waals surface area contributed by atoms with E-state index in [1.165, 1.54) is 18.8 Å². The molecule has 2 N–H and O–H groups in total. The van der Waals surface area contributed by atoms with E-state index >= 15 is 0 Å². The molecule has 0 atom stereocenters. The first-order chi connectivity index (χ1) is 6.75. The molecule has 5 nitrogen and oxygen atoms in total. The van der Waals surface area contributed by atoms with Gasteiger partial charge in [-0.15, -0.1) is 0 Å². The zero-order chi connectivity index (χ0) is 9.97. The Morgan fingerprint density at radius 1 is 1.53 bits per heavy atom. The third-order valence-electron chi connectivity index (χ3n) is 2.34. The second-order valence-corrected chi connectivity index (χ2v) is 3.37. The number of carboxylic acid groups (broad SMARTS) is 1. The van der Waals surface area contributed by atoms with Crippen molar-refractivity contribution in [3.63, 3.8) is 0 Å². The van der Waals surface area contributed by atoms with Gasteiger partial charge in [-0.1, -0.05) is 0 Å². The summed E-state index contributed by atoms with van der Waals surface area (Å²) in [6.45, 7) is 0. The second kappa shape index (κ2) is 5.15. The zero-order valence-corrected chi connectivity index (χ0v) is 8.60. The quantitative estimate of drug-likeness (QED) is 0.567. The molecule has 1 aromatic rings. The molecule has 0 aromatic carbocycles. The van der Waals surface area contributed by atoms with Crippen LogP contribution in [0, 0.1) is 0 Å². The van der Waals surface area contributed by atoms with Crippen molar-refractivity contribution in [2.24, 2.45) is 0 Å². The predicted molar refractivity (Wildman–Crippen MR) is 51.4 cm³/mol. The van der Waals surface area contributed by atoms with Crippen LogP contribution in [-0.4, -0.2) is 27.1 Å². The molecule has 1 aliphatic carbocycles. The van der Waals surface area contributed by atoms with Gasteiger partial charge in [0.25, 0.3) is 0 Å². The number of carbonyl (C=O) groups is 1. The Balaban J connectivity index is 0.00000112. The molecule has 0 bridgehead atoms. The number of anilines is 1. The number of nitrogens with zero attached hydrogens (tertiary/aromatic N) is 2. The van der Waals surface area contributed by atoms with Gasteiger partial charge in [-0.3, -0.25) is 0 Å². The molecular formula is C9H12LiN3O2. The fourth-order valence-corrected chi connectivity index (χ4v) is 1.31. The predicted octanol–water partition coefficient (Wildman–Crippen LogP) is -1.74. The first-order valence-corrected chi connectivity index (χ1v) is 4.57. The summed E-state index contributed by atoms with van der Waals surface area (Å²) in [6, 6.07) is 1.91. The van der Waals surface area contributed by atoms with Crippen LogP contribution in [0.4, 0.5) is 5.82 Å². The number of carboxylic acids is 1. The molecule has 15 heavy (non-hydrogen) atoms. The zero-order valence-electron chi connectivity index (χ0n) is 9.60. The smallest absolute Gasteiger partial charge is 1.00 e. The van der Waals surface area contributed by atoms with E-state index in [4.69, 9.17) is 5.11 Å². The molecule has 0 amide bonds. The largest absolute Gasteiger partial charge is 1.00 e. The van der Waals surface area contributed by atoms with E-state index < -0.39 is 5.97 Å². The molecule has 1 fully saturated rings. The van der Waals surface area contributed by atoms with Crippen molar-refractivity contribution < 1.29 is 30.2 Å². The Hall–Kier alpha value is -1.05. The van der Waals surface area contributed by atoms with Gasteiger partial charge in [-0.2, -0.15) is 0 Å². The van der Waals surface area contributed by atoms with E-state index in [9.17, 15) is 4.79 Å². The van der Waals surface area contributed by atoms with Gasteiger partial charge >= 0.3 is 24.8 Å². The van der Waals surface area contributed by atoms with Crippen LogP contribution in [0.1, 0.15) is 31.2 Å². The van der Waals surface area contributed by atoms with Crippen molar-refractivity contribution in [3.05, 3.63) is 18.1 Å². The molecule has 2 rings (SSSR count). The van der Waals surface area contributed by atoms with Crippen LogP contribution in [0.2, 0.25) is 0 Å². The van der Waals surface area contributed by atoms with Gasteiger partial charge in [0, 0.05) is 12.1 Å². The summed E-state index contributed by atoms with van der Waals surface area (Å²) in [7, 11) is 0. The van der Waals surface area contributed by atoms with Crippen molar-refractivity contribution in [1.29, 1.82) is 0 Å². The fourth-order valence-electron chi connectivity index (χ4n) is 1.31. The fraction of sp³-hybridized carbons (Fsp3) is 0.444. The van der Waals surface area contributed by atoms with Crippen LogP contribution in [-0.2, 0) is 0 Å². The minimum Gasteiger partial charge on any atom is -1.00 e. The van der Waals surface area contributed by atoms with Crippen LogP contribution in [0.3, 0.4) is 0 Å². The molecule has 0 aliphatic heterocycles. The van der Waals surface area contributed by atoms with Crippen LogP contribution in [0.5, 0.6) is 0 Å². The van der Waals surface area contributed by atoms with E-state index in [0.717, 1.165) is 12.8 Å². The van der Waals surface area contributed by atoms with Gasteiger partial charge in [-0.25, -0.2) is 14.8 Å². The first kappa shape index (κ1) is 12.0. The summed E-state index contributed by atoms with van der Waals surface area (Å²) in [5, 5.41) is 11.9. The SMILES string of the molecule is O=C(O)c1cc(NC2CCC2)ncn1.[H-].[Li+]. The average Bonchev–Trinajstić information content (AvgIpc) is 2.12. The number of nitrogens with one attached hydrogen (secondary N) is 1. The standard InChI is InChI=1S/C9H11N3O2.Li.H/c13-9(14)7-4-8(11-5-10-7)12-6-2-1-3-6;;/h4-6H,1-3H2,(H,13,14)(H,10,11,12);;/q;+1;-1. The van der Waals surface area contributed by atoms with Crippen molar-refractivity contribution in [3.8, 4) is 0 Å². The summed E-state index contributed by atoms with van der Waals surface area (Å²) in [4.78, 5) is 18.2. The van der Waals surface area contributed by atoms with Crippen molar-refractivity contribution in [2.45, 2.75) is 25.3 Å². The first-order valence-electron chi connectivity index (χ1n) is 4.57. The Kier molecular flexibility index (Phi) is 4.12. The maximum atomic E-state index is 10.6. The Labute approximate surface area is 101 Å². The van der Waals surface area contributed by atoms with E-state index in [0.29, 0.717) is 11.9 Å². The van der Waals surface area contributed by atoms with Gasteiger partial charge in [-0.05, 0) is 19.3 Å². The number of hydrogen-bond donors (Lipinski definition) is 2. The minimum absolute atomic E-state index is 0. The summed E-state index contributed by atoms with van der Waals surface area (Å²) >= 11 is 0. The third kappa shape index (κ3) is 2.95. The summed E-state index contributed by atoms with van der Waals surface area (Å²) in [6.07, 6.45) is 4.76. The molecular weight excluding hydrogens is 189 g/mol. The molecule has 0 radical (unpaired) electrons. The normalized spacial score (nSPS) is 14.9. The van der Waals surface area contributed by atoms with Gasteiger partial charge in [0.15, 0.2) is 5.69 Å². The van der Waals surface area contributed by atoms with Crippen LogP contribution in [0.15, 0.2) is 12.4 Å². The maximum Gasteiger partial charge on any atom is 1.00 e. The monoisotopic (exact) mass is 201 g/mol. The molecule has 0 saturated heterocycles. The van der Waals surface area contributed by atoms with E-state index in [2.05, 4.69) is 15.3 Å². The maximum absolute atomic E-state index is 10.6. The molecule has 1 aromatic heterocycles. The van der Waals surface area contributed by atoms with Crippen molar-refractivity contribution in [1.82, 2.24) is 9.97 Å². The van der Waals surface area contributed by atoms with E-state index in [1.54, 1.807) is 0 Å². The average molecular weight is 201 g/mol. The molecule has 0 spiro atoms. The number of hydrogen-bond acceptors (Lipinski definition) is 4. The third-order valence-corrected chi connectivity index (χ3v) is 2.34. The van der Waals surface area contributed by atoms with Gasteiger partial charge < -0.3 is 11.8 Å². The van der Waals surface area contributed by atoms with Gasteiger partial charge in [0.1, 0.15) is 12.1 Å². The summed E-state index contributed by atoms with van der Waals surface area (Å²) in [5.74, 6) is -0.425. The van der Waals surface area contributed by atoms with Gasteiger partial charge in [0.2, 0.25) is 0 Å². The van der Waals surface area contributed by atoms with Crippen LogP contribution < -0.4 is 24.2 Å². The number of aromatic carboxylic acids is 1. The Bertz CT molecular complexity index is 360. The van der Waals surface area contributed by atoms with E-state index in [1.807, 2.05) is 0 Å². The minimum atomic E-state index is -1.02. The number of aromatic nitrogens is 2. The molecule has 0 unspecified atom stereocenters. The molecule has 6 heteroatoms. The van der Waals surface area contributed by atoms with Crippen molar-refractivity contribution in [2.75, 3.05) is 5.32 Å². The summed E-state index contributed by atoms with van der Waals surface area (Å²) < 4.78 is 0. The Morgan fingerprint density at radius 2 is 2.27 bits per heavy atom. The molecule has 76 valence electrons. The van der Waals surface area contributed by atoms with Crippen LogP contribution in [0.25, 0.3) is 0 Å². The topological polar surface area (TPSA) is 75.1 Å². The van der Waals surface area contributed by atoms with Crippen LogP contribution >= 0.6 is 0 Å². The van der Waals surface area contributed by atoms with E-state index in [-0.39, 0.29) is 26.0 Å². The molecule has 1 aliphatic rings. The number of rotatable bonds is 3. The van der Waals surface area contributed by atoms with Crippen molar-refractivity contribution >= 4 is 11.8 Å². The second-order valence-electron chi connectivity index (χ2n) is 3.37. The molecule has 1 saturated carbocycles. The Morgan fingerprint density at radius 3 is 2.80 bits per heavy atom.